The van der Waals surface area contributed by atoms with E-state index >= 15 is 0 Å². The lowest BCUT2D eigenvalue weighted by Crippen LogP contribution is -2.30. The molecule has 0 heterocycles. The molecule has 0 radical (unpaired) electrons. The van der Waals surface area contributed by atoms with Crippen LogP contribution in [0.3, 0.4) is 0 Å². The third-order valence-corrected chi connectivity index (χ3v) is 3.19. The molecular weight excluding hydrogens is 242 g/mol. The summed E-state index contributed by atoms with van der Waals surface area (Å²) in [7, 11) is 0. The van der Waals surface area contributed by atoms with Gasteiger partial charge in [-0.25, -0.2) is 0 Å². The van der Waals surface area contributed by atoms with Gasteiger partial charge in [0, 0.05) is 17.8 Å². The summed E-state index contributed by atoms with van der Waals surface area (Å²) in [5.74, 6) is 1.28. The Morgan fingerprint density at radius 2 is 2.21 bits per heavy atom. The number of hydrogen-bond acceptors (Lipinski definition) is 1. The molecule has 1 rings (SSSR count). The lowest BCUT2D eigenvalue weighted by atomic mass is 10.0. The van der Waals surface area contributed by atoms with Crippen molar-refractivity contribution in [3.63, 3.8) is 0 Å². The average molecular weight is 262 g/mol. The fourth-order valence-corrected chi connectivity index (χ4v) is 2.29. The smallest absolute Gasteiger partial charge is 0.223 e. The molecule has 1 aliphatic rings. The number of nitrogens with one attached hydrogen (secondary N) is 1. The molecule has 0 aromatic rings. The predicted molar refractivity (Wildman–Crippen MR) is 62.5 cm³/mol. The third kappa shape index (κ3) is 4.45. The van der Waals surface area contributed by atoms with Gasteiger partial charge in [-0.15, -0.1) is 0 Å². The van der Waals surface area contributed by atoms with Gasteiger partial charge in [-0.3, -0.25) is 4.79 Å². The molecule has 1 atom stereocenters. The van der Waals surface area contributed by atoms with E-state index in [1.807, 2.05) is 0 Å². The van der Waals surface area contributed by atoms with Crippen molar-refractivity contribution in [2.45, 2.75) is 39.0 Å². The number of carbonyl (C=O) groups excluding carboxylic acids is 1. The van der Waals surface area contributed by atoms with Crippen molar-refractivity contribution in [3.05, 3.63) is 0 Å². The number of halogens is 1. The van der Waals surface area contributed by atoms with Crippen LogP contribution in [0.2, 0.25) is 0 Å². The summed E-state index contributed by atoms with van der Waals surface area (Å²) in [6, 6.07) is 0. The maximum Gasteiger partial charge on any atom is 0.223 e. The summed E-state index contributed by atoms with van der Waals surface area (Å²) in [6.45, 7) is 3.07. The van der Waals surface area contributed by atoms with E-state index in [-0.39, 0.29) is 5.91 Å². The van der Waals surface area contributed by atoms with Crippen molar-refractivity contribution in [2.24, 2.45) is 11.8 Å². The minimum Gasteiger partial charge on any atom is -0.356 e. The Morgan fingerprint density at radius 3 is 2.71 bits per heavy atom. The molecule has 1 aliphatic carbocycles. The molecule has 14 heavy (non-hydrogen) atoms. The highest BCUT2D eigenvalue weighted by atomic mass is 79.9. The maximum atomic E-state index is 11.4. The lowest BCUT2D eigenvalue weighted by Gasteiger charge is -2.15. The van der Waals surface area contributed by atoms with E-state index < -0.39 is 0 Å². The third-order valence-electron chi connectivity index (χ3n) is 2.73. The predicted octanol–water partition coefficient (Wildman–Crippen LogP) is 2.71. The van der Waals surface area contributed by atoms with Crippen LogP contribution in [-0.2, 0) is 4.79 Å². The zero-order valence-electron chi connectivity index (χ0n) is 8.89. The molecule has 1 N–H and O–H groups in total. The second kappa shape index (κ2) is 6.44. The van der Waals surface area contributed by atoms with Gasteiger partial charge in [0.1, 0.15) is 0 Å². The second-order valence-corrected chi connectivity index (χ2v) is 4.94. The van der Waals surface area contributed by atoms with Crippen LogP contribution in [0.25, 0.3) is 0 Å². The van der Waals surface area contributed by atoms with Crippen molar-refractivity contribution < 1.29 is 4.79 Å². The summed E-state index contributed by atoms with van der Waals surface area (Å²) in [5, 5.41) is 4.09. The fourth-order valence-electron chi connectivity index (χ4n) is 1.65. The van der Waals surface area contributed by atoms with Gasteiger partial charge in [0.15, 0.2) is 0 Å². The van der Waals surface area contributed by atoms with Crippen LogP contribution < -0.4 is 5.32 Å². The van der Waals surface area contributed by atoms with E-state index in [0.29, 0.717) is 11.8 Å². The minimum absolute atomic E-state index is 0.278. The molecule has 1 unspecified atom stereocenters. The SMILES string of the molecule is CCCC(CCBr)CNC(=O)C1CC1. The second-order valence-electron chi connectivity index (χ2n) is 4.15. The summed E-state index contributed by atoms with van der Waals surface area (Å²) in [5.41, 5.74) is 0. The topological polar surface area (TPSA) is 29.1 Å². The van der Waals surface area contributed by atoms with Crippen LogP contribution in [0.15, 0.2) is 0 Å². The first-order valence-electron chi connectivity index (χ1n) is 5.61. The lowest BCUT2D eigenvalue weighted by molar-refractivity contribution is -0.122. The normalized spacial score (nSPS) is 17.9. The fraction of sp³-hybridized carbons (Fsp3) is 0.909. The van der Waals surface area contributed by atoms with E-state index in [1.165, 1.54) is 19.3 Å². The van der Waals surface area contributed by atoms with Crippen LogP contribution >= 0.6 is 15.9 Å². The van der Waals surface area contributed by atoms with E-state index in [2.05, 4.69) is 28.2 Å². The number of alkyl halides is 1. The van der Waals surface area contributed by atoms with Crippen LogP contribution in [0.4, 0.5) is 0 Å². The Balaban J connectivity index is 2.13. The van der Waals surface area contributed by atoms with Gasteiger partial charge in [-0.05, 0) is 31.6 Å². The number of rotatable bonds is 7. The molecule has 82 valence electrons. The average Bonchev–Trinajstić information content (AvgIpc) is 2.97. The number of hydrogen-bond donors (Lipinski definition) is 1. The molecular formula is C11H20BrNO. The first kappa shape index (κ1) is 12.0. The summed E-state index contributed by atoms with van der Waals surface area (Å²) >= 11 is 3.46. The largest absolute Gasteiger partial charge is 0.356 e. The first-order chi connectivity index (χ1) is 6.77. The van der Waals surface area contributed by atoms with Gasteiger partial charge in [0.25, 0.3) is 0 Å². The Kier molecular flexibility index (Phi) is 5.53. The molecule has 1 saturated carbocycles. The van der Waals surface area contributed by atoms with Crippen molar-refractivity contribution in [2.75, 3.05) is 11.9 Å². The van der Waals surface area contributed by atoms with Gasteiger partial charge >= 0.3 is 0 Å². The van der Waals surface area contributed by atoms with Gasteiger partial charge in [-0.2, -0.15) is 0 Å². The highest BCUT2D eigenvalue weighted by Crippen LogP contribution is 2.28. The van der Waals surface area contributed by atoms with Gasteiger partial charge in [0.05, 0.1) is 0 Å². The van der Waals surface area contributed by atoms with Gasteiger partial charge in [-0.1, -0.05) is 29.3 Å². The molecule has 0 aromatic carbocycles. The quantitative estimate of drug-likeness (QED) is 0.702. The number of amides is 1. The van der Waals surface area contributed by atoms with E-state index in [0.717, 1.165) is 24.7 Å². The molecule has 0 saturated heterocycles. The summed E-state index contributed by atoms with van der Waals surface area (Å²) in [4.78, 5) is 11.4. The van der Waals surface area contributed by atoms with Crippen molar-refractivity contribution in [1.29, 1.82) is 0 Å². The molecule has 0 aliphatic heterocycles. The van der Waals surface area contributed by atoms with E-state index in [4.69, 9.17) is 0 Å². The zero-order chi connectivity index (χ0) is 10.4. The van der Waals surface area contributed by atoms with E-state index in [9.17, 15) is 4.79 Å². The van der Waals surface area contributed by atoms with Crippen molar-refractivity contribution >= 4 is 21.8 Å². The Labute approximate surface area is 95.0 Å². The molecule has 0 aromatic heterocycles. The Hall–Kier alpha value is -0.0500. The number of carbonyl (C=O) groups is 1. The van der Waals surface area contributed by atoms with Crippen molar-refractivity contribution in [1.82, 2.24) is 5.32 Å². The summed E-state index contributed by atoms with van der Waals surface area (Å²) < 4.78 is 0. The molecule has 3 heteroatoms. The molecule has 0 bridgehead atoms. The highest BCUT2D eigenvalue weighted by molar-refractivity contribution is 9.09. The first-order valence-corrected chi connectivity index (χ1v) is 6.73. The molecule has 1 fully saturated rings. The minimum atomic E-state index is 0.278. The van der Waals surface area contributed by atoms with E-state index in [1.54, 1.807) is 0 Å². The molecule has 0 spiro atoms. The summed E-state index contributed by atoms with van der Waals surface area (Å²) in [6.07, 6.45) is 5.79. The van der Waals surface area contributed by atoms with Crippen LogP contribution in [0.1, 0.15) is 39.0 Å². The van der Waals surface area contributed by atoms with Gasteiger partial charge in [0.2, 0.25) is 5.91 Å². The zero-order valence-corrected chi connectivity index (χ0v) is 10.5. The van der Waals surface area contributed by atoms with Crippen LogP contribution in [-0.4, -0.2) is 17.8 Å². The molecule has 2 nitrogen and oxygen atoms in total. The molecule has 1 amide bonds. The Morgan fingerprint density at radius 1 is 1.50 bits per heavy atom. The van der Waals surface area contributed by atoms with Crippen LogP contribution in [0, 0.1) is 11.8 Å². The van der Waals surface area contributed by atoms with Gasteiger partial charge < -0.3 is 5.32 Å². The maximum absolute atomic E-state index is 11.4. The Bertz CT molecular complexity index is 174. The highest BCUT2D eigenvalue weighted by Gasteiger charge is 2.29. The standard InChI is InChI=1S/C11H20BrNO/c1-2-3-9(6-7-12)8-13-11(14)10-4-5-10/h9-10H,2-8H2,1H3,(H,13,14). The van der Waals surface area contributed by atoms with Crippen molar-refractivity contribution in [3.8, 4) is 0 Å². The van der Waals surface area contributed by atoms with Crippen LogP contribution in [0.5, 0.6) is 0 Å². The monoisotopic (exact) mass is 261 g/mol.